The number of benzene rings is 1. The summed E-state index contributed by atoms with van der Waals surface area (Å²) in [6.07, 6.45) is 0. The molecule has 3 nitrogen and oxygen atoms in total. The molecule has 0 atom stereocenters. The third-order valence-corrected chi connectivity index (χ3v) is 3.75. The standard InChI is InChI=1S/C10H12ClFO3S/c11-5-6-15-7-8-16(13,14)10-4-2-1-3-9(10)12/h1-4H,5-8H2. The van der Waals surface area contributed by atoms with E-state index < -0.39 is 15.7 Å². The van der Waals surface area contributed by atoms with E-state index in [1.165, 1.54) is 18.2 Å². The molecule has 0 aliphatic rings. The monoisotopic (exact) mass is 266 g/mol. The van der Waals surface area contributed by atoms with E-state index in [9.17, 15) is 12.8 Å². The normalized spacial score (nSPS) is 11.6. The molecule has 0 N–H and O–H groups in total. The highest BCUT2D eigenvalue weighted by atomic mass is 35.5. The average Bonchev–Trinajstić information content (AvgIpc) is 2.25. The van der Waals surface area contributed by atoms with Crippen LogP contribution < -0.4 is 0 Å². The number of hydrogen-bond acceptors (Lipinski definition) is 3. The minimum atomic E-state index is -3.61. The van der Waals surface area contributed by atoms with E-state index in [4.69, 9.17) is 16.3 Å². The Morgan fingerprint density at radius 3 is 2.56 bits per heavy atom. The van der Waals surface area contributed by atoms with E-state index in [-0.39, 0.29) is 23.9 Å². The highest BCUT2D eigenvalue weighted by Gasteiger charge is 2.18. The van der Waals surface area contributed by atoms with Crippen LogP contribution in [-0.2, 0) is 14.6 Å². The lowest BCUT2D eigenvalue weighted by Crippen LogP contribution is -2.14. The van der Waals surface area contributed by atoms with E-state index in [2.05, 4.69) is 0 Å². The molecule has 0 fully saturated rings. The van der Waals surface area contributed by atoms with E-state index in [0.717, 1.165) is 6.07 Å². The SMILES string of the molecule is O=S(=O)(CCOCCCl)c1ccccc1F. The summed E-state index contributed by atoms with van der Waals surface area (Å²) >= 11 is 5.36. The van der Waals surface area contributed by atoms with Crippen LogP contribution in [0, 0.1) is 5.82 Å². The predicted molar refractivity (Wildman–Crippen MR) is 60.0 cm³/mol. The minimum absolute atomic E-state index is 0.0172. The van der Waals surface area contributed by atoms with E-state index in [0.29, 0.717) is 5.88 Å². The fourth-order valence-corrected chi connectivity index (χ4v) is 2.45. The number of halogens is 2. The van der Waals surface area contributed by atoms with Crippen LogP contribution in [-0.4, -0.2) is 33.3 Å². The van der Waals surface area contributed by atoms with E-state index in [1.807, 2.05) is 0 Å². The summed E-state index contributed by atoms with van der Waals surface area (Å²) in [5.41, 5.74) is 0. The first-order chi connectivity index (χ1) is 7.58. The van der Waals surface area contributed by atoms with Gasteiger partial charge in [-0.15, -0.1) is 11.6 Å². The Balaban J connectivity index is 2.68. The van der Waals surface area contributed by atoms with Gasteiger partial charge in [0.2, 0.25) is 0 Å². The zero-order valence-corrected chi connectivity index (χ0v) is 10.1. The van der Waals surface area contributed by atoms with Gasteiger partial charge in [0.25, 0.3) is 0 Å². The van der Waals surface area contributed by atoms with Crippen molar-refractivity contribution in [1.29, 1.82) is 0 Å². The summed E-state index contributed by atoms with van der Waals surface area (Å²) in [6, 6.07) is 5.28. The van der Waals surface area contributed by atoms with Gasteiger partial charge in [-0.25, -0.2) is 12.8 Å². The molecule has 0 radical (unpaired) electrons. The summed E-state index contributed by atoms with van der Waals surface area (Å²) in [4.78, 5) is -0.288. The molecule has 1 aromatic rings. The third-order valence-electron chi connectivity index (χ3n) is 1.89. The summed E-state index contributed by atoms with van der Waals surface area (Å²) in [5.74, 6) is -0.676. The highest BCUT2D eigenvalue weighted by Crippen LogP contribution is 2.14. The molecule has 90 valence electrons. The number of hydrogen-bond donors (Lipinski definition) is 0. The molecule has 1 rings (SSSR count). The van der Waals surface area contributed by atoms with E-state index >= 15 is 0 Å². The van der Waals surface area contributed by atoms with Gasteiger partial charge in [-0.05, 0) is 12.1 Å². The molecule has 16 heavy (non-hydrogen) atoms. The van der Waals surface area contributed by atoms with Crippen molar-refractivity contribution < 1.29 is 17.5 Å². The first kappa shape index (κ1) is 13.4. The van der Waals surface area contributed by atoms with Gasteiger partial charge >= 0.3 is 0 Å². The van der Waals surface area contributed by atoms with Crippen LogP contribution in [0.1, 0.15) is 0 Å². The Bertz CT molecular complexity index is 433. The van der Waals surface area contributed by atoms with Crippen molar-refractivity contribution in [2.75, 3.05) is 24.8 Å². The van der Waals surface area contributed by atoms with Crippen molar-refractivity contribution in [2.45, 2.75) is 4.90 Å². The number of ether oxygens (including phenoxy) is 1. The lowest BCUT2D eigenvalue weighted by atomic mass is 10.3. The molecule has 6 heteroatoms. The fourth-order valence-electron chi connectivity index (χ4n) is 1.13. The third kappa shape index (κ3) is 3.73. The van der Waals surface area contributed by atoms with Gasteiger partial charge in [-0.3, -0.25) is 0 Å². The van der Waals surface area contributed by atoms with Gasteiger partial charge in [-0.1, -0.05) is 12.1 Å². The van der Waals surface area contributed by atoms with Gasteiger partial charge in [0.1, 0.15) is 10.7 Å². The Kier molecular flexibility index (Phi) is 5.18. The summed E-state index contributed by atoms with van der Waals surface area (Å²) in [6.45, 7) is 0.303. The molecule has 0 heterocycles. The molecule has 0 aliphatic carbocycles. The zero-order valence-electron chi connectivity index (χ0n) is 8.53. The van der Waals surface area contributed by atoms with Gasteiger partial charge in [0.15, 0.2) is 9.84 Å². The topological polar surface area (TPSA) is 43.4 Å². The second-order valence-electron chi connectivity index (χ2n) is 3.05. The lowest BCUT2D eigenvalue weighted by Gasteiger charge is -2.05. The van der Waals surface area contributed by atoms with Crippen LogP contribution in [0.5, 0.6) is 0 Å². The number of alkyl halides is 1. The summed E-state index contributed by atoms with van der Waals surface area (Å²) in [5, 5.41) is 0. The van der Waals surface area contributed by atoms with Gasteiger partial charge in [0, 0.05) is 5.88 Å². The predicted octanol–water partition coefficient (Wildman–Crippen LogP) is 1.85. The van der Waals surface area contributed by atoms with Gasteiger partial charge in [0.05, 0.1) is 19.0 Å². The highest BCUT2D eigenvalue weighted by molar-refractivity contribution is 7.91. The van der Waals surface area contributed by atoms with E-state index in [1.54, 1.807) is 0 Å². The minimum Gasteiger partial charge on any atom is -0.379 e. The Morgan fingerprint density at radius 1 is 1.25 bits per heavy atom. The van der Waals surface area contributed by atoms with Crippen LogP contribution in [0.4, 0.5) is 4.39 Å². The molecule has 0 saturated heterocycles. The van der Waals surface area contributed by atoms with Crippen molar-refractivity contribution in [3.63, 3.8) is 0 Å². The fraction of sp³-hybridized carbons (Fsp3) is 0.400. The first-order valence-electron chi connectivity index (χ1n) is 4.69. The first-order valence-corrected chi connectivity index (χ1v) is 6.87. The van der Waals surface area contributed by atoms with Crippen molar-refractivity contribution in [1.82, 2.24) is 0 Å². The maximum Gasteiger partial charge on any atom is 0.183 e. The molecular weight excluding hydrogens is 255 g/mol. The van der Waals surface area contributed by atoms with Crippen LogP contribution >= 0.6 is 11.6 Å². The number of rotatable bonds is 6. The van der Waals surface area contributed by atoms with Crippen molar-refractivity contribution in [2.24, 2.45) is 0 Å². The molecule has 0 spiro atoms. The Labute approximate surface area is 99.1 Å². The summed E-state index contributed by atoms with van der Waals surface area (Å²) < 4.78 is 41.5. The molecule has 0 saturated carbocycles. The second kappa shape index (κ2) is 6.18. The smallest absolute Gasteiger partial charge is 0.183 e. The molecule has 0 unspecified atom stereocenters. The van der Waals surface area contributed by atoms with Crippen LogP contribution in [0.25, 0.3) is 0 Å². The second-order valence-corrected chi connectivity index (χ2v) is 5.51. The number of sulfone groups is 1. The Morgan fingerprint density at radius 2 is 1.94 bits per heavy atom. The maximum absolute atomic E-state index is 13.2. The molecular formula is C10H12ClFO3S. The average molecular weight is 267 g/mol. The van der Waals surface area contributed by atoms with Gasteiger partial charge in [-0.2, -0.15) is 0 Å². The largest absolute Gasteiger partial charge is 0.379 e. The van der Waals surface area contributed by atoms with Gasteiger partial charge < -0.3 is 4.74 Å². The lowest BCUT2D eigenvalue weighted by molar-refractivity contribution is 0.165. The van der Waals surface area contributed by atoms with Crippen LogP contribution in [0.15, 0.2) is 29.2 Å². The molecule has 0 amide bonds. The Hall–Kier alpha value is -0.650. The van der Waals surface area contributed by atoms with Crippen molar-refractivity contribution in [3.05, 3.63) is 30.1 Å². The zero-order chi connectivity index (χ0) is 12.0. The molecule has 0 bridgehead atoms. The van der Waals surface area contributed by atoms with Crippen LogP contribution in [0.3, 0.4) is 0 Å². The van der Waals surface area contributed by atoms with Crippen LogP contribution in [0.2, 0.25) is 0 Å². The maximum atomic E-state index is 13.2. The molecule has 0 aliphatic heterocycles. The summed E-state index contributed by atoms with van der Waals surface area (Å²) in [7, 11) is -3.61. The van der Waals surface area contributed by atoms with Crippen molar-refractivity contribution in [3.8, 4) is 0 Å². The van der Waals surface area contributed by atoms with Crippen molar-refractivity contribution >= 4 is 21.4 Å². The quantitative estimate of drug-likeness (QED) is 0.583. The molecule has 0 aromatic heterocycles. The molecule has 1 aromatic carbocycles.